The van der Waals surface area contributed by atoms with E-state index in [1.54, 1.807) is 4.52 Å². The summed E-state index contributed by atoms with van der Waals surface area (Å²) in [6.45, 7) is 4.10. The molecule has 0 saturated carbocycles. The molecule has 1 N–H and O–H groups in total. The molecule has 4 rings (SSSR count). The quantitative estimate of drug-likeness (QED) is 0.596. The van der Waals surface area contributed by atoms with Gasteiger partial charge in [-0.1, -0.05) is 30.3 Å². The molecule has 5 heteroatoms. The first kappa shape index (κ1) is 17.0. The van der Waals surface area contributed by atoms with Crippen LogP contribution >= 0.6 is 0 Å². The number of nitrogens with zero attached hydrogens (tertiary/aromatic N) is 3. The molecule has 0 saturated heterocycles. The van der Waals surface area contributed by atoms with Crippen LogP contribution in [-0.2, 0) is 11.2 Å². The minimum atomic E-state index is -0.0177. The van der Waals surface area contributed by atoms with E-state index in [1.165, 1.54) is 17.5 Å². The maximum atomic E-state index is 12.3. The van der Waals surface area contributed by atoms with Crippen molar-refractivity contribution in [3.05, 3.63) is 83.8 Å². The summed E-state index contributed by atoms with van der Waals surface area (Å²) in [5.41, 5.74) is 7.16. The number of pyridine rings is 1. The van der Waals surface area contributed by atoms with E-state index in [0.717, 1.165) is 28.0 Å². The smallest absolute Gasteiger partial charge is 0.228 e. The first-order valence-electron chi connectivity index (χ1n) is 8.84. The summed E-state index contributed by atoms with van der Waals surface area (Å²) in [6.07, 6.45) is 3.77. The Morgan fingerprint density at radius 2 is 1.78 bits per heavy atom. The molecule has 5 nitrogen and oxygen atoms in total. The summed E-state index contributed by atoms with van der Waals surface area (Å²) < 4.78 is 1.73. The molecule has 0 aliphatic rings. The highest BCUT2D eigenvalue weighted by atomic mass is 16.1. The van der Waals surface area contributed by atoms with Gasteiger partial charge < -0.3 is 5.32 Å². The third-order valence-electron chi connectivity index (χ3n) is 4.72. The Balaban J connectivity index is 1.45. The lowest BCUT2D eigenvalue weighted by Crippen LogP contribution is -2.14. The monoisotopic (exact) mass is 356 g/mol. The van der Waals surface area contributed by atoms with Crippen molar-refractivity contribution in [2.24, 2.45) is 0 Å². The Labute approximate surface area is 157 Å². The van der Waals surface area contributed by atoms with E-state index in [-0.39, 0.29) is 5.91 Å². The normalized spacial score (nSPS) is 10.9. The van der Waals surface area contributed by atoms with Crippen molar-refractivity contribution in [1.29, 1.82) is 0 Å². The predicted molar refractivity (Wildman–Crippen MR) is 107 cm³/mol. The summed E-state index contributed by atoms with van der Waals surface area (Å²) in [5, 5.41) is 7.07. The molecule has 0 fully saturated rings. The van der Waals surface area contributed by atoms with Crippen molar-refractivity contribution in [2.45, 2.75) is 20.3 Å². The Kier molecular flexibility index (Phi) is 4.42. The number of aromatic nitrogens is 3. The van der Waals surface area contributed by atoms with Gasteiger partial charge in [0.05, 0.1) is 6.42 Å². The van der Waals surface area contributed by atoms with E-state index in [4.69, 9.17) is 0 Å². The molecule has 4 aromatic rings. The average molecular weight is 356 g/mol. The molecule has 0 aliphatic heterocycles. The topological polar surface area (TPSA) is 59.3 Å². The average Bonchev–Trinajstić information content (AvgIpc) is 3.13. The first-order chi connectivity index (χ1) is 13.1. The van der Waals surface area contributed by atoms with Gasteiger partial charge in [-0.2, -0.15) is 5.10 Å². The molecule has 1 amide bonds. The number of carbonyl (C=O) groups excluding carboxylic acids is 1. The van der Waals surface area contributed by atoms with Crippen LogP contribution in [0.4, 0.5) is 5.69 Å². The van der Waals surface area contributed by atoms with Gasteiger partial charge in [-0.15, -0.1) is 0 Å². The van der Waals surface area contributed by atoms with Crippen molar-refractivity contribution in [3.8, 4) is 11.1 Å². The minimum Gasteiger partial charge on any atom is -0.326 e. The third-order valence-corrected chi connectivity index (χ3v) is 4.72. The fourth-order valence-corrected chi connectivity index (χ4v) is 3.02. The first-order valence-corrected chi connectivity index (χ1v) is 8.84. The van der Waals surface area contributed by atoms with Crippen LogP contribution in [-0.4, -0.2) is 20.5 Å². The van der Waals surface area contributed by atoms with Crippen LogP contribution in [0.3, 0.4) is 0 Å². The molecule has 0 spiro atoms. The number of amides is 1. The predicted octanol–water partition coefficient (Wildman–Crippen LogP) is 4.19. The Hall–Kier alpha value is -3.47. The number of anilines is 1. The number of aryl methyl sites for hydroxylation is 2. The lowest BCUT2D eigenvalue weighted by atomic mass is 10.0. The summed E-state index contributed by atoms with van der Waals surface area (Å²) in [4.78, 5) is 16.5. The molecule has 2 aromatic carbocycles. The van der Waals surface area contributed by atoms with E-state index in [0.29, 0.717) is 6.42 Å². The highest BCUT2D eigenvalue weighted by molar-refractivity contribution is 5.92. The van der Waals surface area contributed by atoms with Crippen molar-refractivity contribution in [1.82, 2.24) is 14.6 Å². The highest BCUT2D eigenvalue weighted by Crippen LogP contribution is 2.21. The second kappa shape index (κ2) is 7.03. The highest BCUT2D eigenvalue weighted by Gasteiger charge is 2.06. The van der Waals surface area contributed by atoms with Gasteiger partial charge in [0.15, 0.2) is 5.65 Å². The fraction of sp³-hybridized carbons (Fsp3) is 0.136. The van der Waals surface area contributed by atoms with Crippen LogP contribution in [0.2, 0.25) is 0 Å². The molecule has 0 aliphatic carbocycles. The van der Waals surface area contributed by atoms with Crippen molar-refractivity contribution in [3.63, 3.8) is 0 Å². The van der Waals surface area contributed by atoms with E-state index in [1.807, 2.05) is 67.7 Å². The van der Waals surface area contributed by atoms with Crippen LogP contribution in [0.1, 0.15) is 16.7 Å². The molecule has 27 heavy (non-hydrogen) atoms. The van der Waals surface area contributed by atoms with Crippen LogP contribution < -0.4 is 5.32 Å². The van der Waals surface area contributed by atoms with Gasteiger partial charge in [-0.3, -0.25) is 4.79 Å². The Bertz CT molecular complexity index is 1110. The summed E-state index contributed by atoms with van der Waals surface area (Å²) in [7, 11) is 0. The van der Waals surface area contributed by atoms with E-state index >= 15 is 0 Å². The van der Waals surface area contributed by atoms with Crippen LogP contribution in [0, 0.1) is 13.8 Å². The lowest BCUT2D eigenvalue weighted by Gasteiger charge is -2.08. The summed E-state index contributed by atoms with van der Waals surface area (Å²) >= 11 is 0. The molecule has 2 aromatic heterocycles. The number of nitrogens with one attached hydrogen (secondary N) is 1. The molecule has 134 valence electrons. The minimum absolute atomic E-state index is 0.0177. The molecule has 0 atom stereocenters. The number of carbonyl (C=O) groups is 1. The fourth-order valence-electron chi connectivity index (χ4n) is 3.02. The summed E-state index contributed by atoms with van der Waals surface area (Å²) in [6, 6.07) is 18.0. The number of benzene rings is 2. The van der Waals surface area contributed by atoms with Crippen LogP contribution in [0.15, 0.2) is 67.1 Å². The van der Waals surface area contributed by atoms with Crippen molar-refractivity contribution in [2.75, 3.05) is 5.32 Å². The van der Waals surface area contributed by atoms with E-state index in [9.17, 15) is 4.79 Å². The SMILES string of the molecule is Cc1ccc(NC(=O)Cc2ccc(-c3ccn4ncnc4c3)cc2)cc1C. The molecule has 0 bridgehead atoms. The molecule has 0 radical (unpaired) electrons. The van der Waals surface area contributed by atoms with Gasteiger partial charge in [0.25, 0.3) is 0 Å². The number of fused-ring (bicyclic) bond motifs is 1. The van der Waals surface area contributed by atoms with E-state index in [2.05, 4.69) is 22.3 Å². The molecule has 0 unspecified atom stereocenters. The zero-order valence-corrected chi connectivity index (χ0v) is 15.3. The number of hydrogen-bond donors (Lipinski definition) is 1. The number of rotatable bonds is 4. The van der Waals surface area contributed by atoms with Gasteiger partial charge in [0, 0.05) is 11.9 Å². The second-order valence-electron chi connectivity index (χ2n) is 6.70. The van der Waals surface area contributed by atoms with Crippen molar-refractivity contribution < 1.29 is 4.79 Å². The van der Waals surface area contributed by atoms with Gasteiger partial charge in [-0.25, -0.2) is 9.50 Å². The number of hydrogen-bond acceptors (Lipinski definition) is 3. The molecule has 2 heterocycles. The van der Waals surface area contributed by atoms with Gasteiger partial charge >= 0.3 is 0 Å². The molecular formula is C22H20N4O. The molecular weight excluding hydrogens is 336 g/mol. The van der Waals surface area contributed by atoms with E-state index < -0.39 is 0 Å². The maximum absolute atomic E-state index is 12.3. The van der Waals surface area contributed by atoms with Gasteiger partial charge in [0.1, 0.15) is 6.33 Å². The zero-order chi connectivity index (χ0) is 18.8. The maximum Gasteiger partial charge on any atom is 0.228 e. The Morgan fingerprint density at radius 1 is 0.963 bits per heavy atom. The zero-order valence-electron chi connectivity index (χ0n) is 15.3. The largest absolute Gasteiger partial charge is 0.326 e. The van der Waals surface area contributed by atoms with Gasteiger partial charge in [-0.05, 0) is 65.9 Å². The standard InChI is InChI=1S/C22H20N4O/c1-15-3-8-20(11-16(15)2)25-22(27)12-17-4-6-18(7-5-17)19-9-10-26-21(13-19)23-14-24-26/h3-11,13-14H,12H2,1-2H3,(H,25,27). The second-order valence-corrected chi connectivity index (χ2v) is 6.70. The Morgan fingerprint density at radius 3 is 2.56 bits per heavy atom. The van der Waals surface area contributed by atoms with Crippen molar-refractivity contribution >= 4 is 17.2 Å². The van der Waals surface area contributed by atoms with Crippen LogP contribution in [0.5, 0.6) is 0 Å². The lowest BCUT2D eigenvalue weighted by molar-refractivity contribution is -0.115. The van der Waals surface area contributed by atoms with Gasteiger partial charge in [0.2, 0.25) is 5.91 Å². The summed E-state index contributed by atoms with van der Waals surface area (Å²) in [5.74, 6) is -0.0177. The van der Waals surface area contributed by atoms with Crippen LogP contribution in [0.25, 0.3) is 16.8 Å². The third kappa shape index (κ3) is 3.72.